The van der Waals surface area contributed by atoms with Crippen LogP contribution in [0.25, 0.3) is 0 Å². The van der Waals surface area contributed by atoms with Crippen LogP contribution in [-0.4, -0.2) is 29.3 Å². The average Bonchev–Trinajstić information content (AvgIpc) is 1.87. The van der Waals surface area contributed by atoms with E-state index in [1.807, 2.05) is 23.5 Å². The Morgan fingerprint density at radius 1 is 1.20 bits per heavy atom. The maximum atomic E-state index is 10.4. The fourth-order valence-electron chi connectivity index (χ4n) is 0.859. The minimum atomic E-state index is 0.315. The average molecular weight is 176 g/mol. The fraction of sp³-hybridized carbons (Fsp3) is 0.857. The van der Waals surface area contributed by atoms with E-state index in [1.165, 1.54) is 17.9 Å². The molecule has 0 aromatic rings. The summed E-state index contributed by atoms with van der Waals surface area (Å²) in [5.74, 6) is 4.86. The highest BCUT2D eigenvalue weighted by molar-refractivity contribution is 8.00. The van der Waals surface area contributed by atoms with Crippen LogP contribution in [0.2, 0.25) is 0 Å². The van der Waals surface area contributed by atoms with Gasteiger partial charge in [-0.05, 0) is 17.9 Å². The number of rotatable bonds is 1. The lowest BCUT2D eigenvalue weighted by atomic mass is 10.2. The molecule has 0 aromatic heterocycles. The molecule has 1 fully saturated rings. The highest BCUT2D eigenvalue weighted by Gasteiger charge is 2.09. The molecule has 3 heteroatoms. The van der Waals surface area contributed by atoms with Gasteiger partial charge in [0.1, 0.15) is 6.29 Å². The zero-order valence-electron chi connectivity index (χ0n) is 5.91. The van der Waals surface area contributed by atoms with Gasteiger partial charge >= 0.3 is 0 Å². The lowest BCUT2D eigenvalue weighted by Gasteiger charge is -2.12. The van der Waals surface area contributed by atoms with Gasteiger partial charge in [-0.15, -0.1) is 0 Å². The number of aldehydes is 1. The third-order valence-electron chi connectivity index (χ3n) is 1.43. The zero-order chi connectivity index (χ0) is 7.23. The normalized spacial score (nSPS) is 23.2. The quantitative estimate of drug-likeness (QED) is 0.566. The molecular formula is C7H12OS2. The number of thioether (sulfide) groups is 2. The summed E-state index contributed by atoms with van der Waals surface area (Å²) in [4.78, 5) is 10.4. The van der Waals surface area contributed by atoms with Gasteiger partial charge in [0.25, 0.3) is 0 Å². The topological polar surface area (TPSA) is 17.1 Å². The highest BCUT2D eigenvalue weighted by atomic mass is 32.2. The van der Waals surface area contributed by atoms with Crippen molar-refractivity contribution in [3.63, 3.8) is 0 Å². The van der Waals surface area contributed by atoms with E-state index in [4.69, 9.17) is 0 Å². The van der Waals surface area contributed by atoms with Crippen molar-refractivity contribution >= 4 is 29.8 Å². The molecule has 58 valence electrons. The Bertz CT molecular complexity index is 97.8. The van der Waals surface area contributed by atoms with Gasteiger partial charge in [0, 0.05) is 17.4 Å². The van der Waals surface area contributed by atoms with Crippen LogP contribution in [0.3, 0.4) is 0 Å². The summed E-state index contributed by atoms with van der Waals surface area (Å²) in [6.07, 6.45) is 2.41. The van der Waals surface area contributed by atoms with E-state index in [0.717, 1.165) is 17.8 Å². The van der Waals surface area contributed by atoms with Crippen LogP contribution in [0.1, 0.15) is 6.42 Å². The number of hydrogen-bond acceptors (Lipinski definition) is 3. The Hall–Kier alpha value is 0.370. The predicted molar refractivity (Wildman–Crippen MR) is 48.8 cm³/mol. The number of carbonyl (C=O) groups excluding carboxylic acids is 1. The molecule has 1 rings (SSSR count). The third kappa shape index (κ3) is 2.97. The van der Waals surface area contributed by atoms with E-state index in [0.29, 0.717) is 5.92 Å². The molecule has 1 heterocycles. The number of hydrogen-bond donors (Lipinski definition) is 0. The first-order valence-electron chi connectivity index (χ1n) is 3.54. The Labute approximate surface area is 70.3 Å². The molecule has 0 atom stereocenters. The van der Waals surface area contributed by atoms with Crippen LogP contribution in [0.5, 0.6) is 0 Å². The van der Waals surface area contributed by atoms with E-state index in [1.54, 1.807) is 0 Å². The van der Waals surface area contributed by atoms with Crippen LogP contribution in [-0.2, 0) is 4.79 Å². The van der Waals surface area contributed by atoms with E-state index < -0.39 is 0 Å². The van der Waals surface area contributed by atoms with Crippen molar-refractivity contribution in [3.8, 4) is 0 Å². The molecule has 0 radical (unpaired) electrons. The first kappa shape index (κ1) is 8.47. The molecule has 0 amide bonds. The van der Waals surface area contributed by atoms with Crippen molar-refractivity contribution in [2.45, 2.75) is 6.42 Å². The second-order valence-electron chi connectivity index (χ2n) is 2.40. The van der Waals surface area contributed by atoms with Gasteiger partial charge in [0.2, 0.25) is 0 Å². The molecule has 0 bridgehead atoms. The Morgan fingerprint density at radius 2 is 1.80 bits per heavy atom. The van der Waals surface area contributed by atoms with Gasteiger partial charge in [0.05, 0.1) is 0 Å². The van der Waals surface area contributed by atoms with Crippen molar-refractivity contribution in [1.29, 1.82) is 0 Å². The highest BCUT2D eigenvalue weighted by Crippen LogP contribution is 2.18. The maximum absolute atomic E-state index is 10.4. The first-order chi connectivity index (χ1) is 4.93. The lowest BCUT2D eigenvalue weighted by Crippen LogP contribution is -2.11. The summed E-state index contributed by atoms with van der Waals surface area (Å²) in [7, 11) is 0. The van der Waals surface area contributed by atoms with Crippen LogP contribution in [0.15, 0.2) is 0 Å². The molecule has 0 aromatic carbocycles. The summed E-state index contributed by atoms with van der Waals surface area (Å²) in [5.41, 5.74) is 0. The van der Waals surface area contributed by atoms with Crippen molar-refractivity contribution in [2.24, 2.45) is 5.92 Å². The molecule has 1 aliphatic rings. The van der Waals surface area contributed by atoms with Gasteiger partial charge in [-0.25, -0.2) is 0 Å². The maximum Gasteiger partial charge on any atom is 0.124 e. The summed E-state index contributed by atoms with van der Waals surface area (Å²) >= 11 is 3.83. The monoisotopic (exact) mass is 176 g/mol. The Morgan fingerprint density at radius 3 is 2.30 bits per heavy atom. The molecule has 0 aliphatic carbocycles. The van der Waals surface area contributed by atoms with Gasteiger partial charge in [0.15, 0.2) is 0 Å². The minimum absolute atomic E-state index is 0.315. The van der Waals surface area contributed by atoms with Crippen molar-refractivity contribution in [2.75, 3.05) is 23.0 Å². The fourth-order valence-corrected chi connectivity index (χ4v) is 3.22. The molecule has 0 N–H and O–H groups in total. The minimum Gasteiger partial charge on any atom is -0.303 e. The summed E-state index contributed by atoms with van der Waals surface area (Å²) in [5, 5.41) is 0. The molecule has 10 heavy (non-hydrogen) atoms. The molecule has 1 nitrogen and oxygen atoms in total. The molecule has 0 spiro atoms. The molecular weight excluding hydrogens is 164 g/mol. The Balaban J connectivity index is 2.22. The molecule has 1 saturated heterocycles. The van der Waals surface area contributed by atoms with Crippen molar-refractivity contribution < 1.29 is 4.79 Å². The molecule has 1 aliphatic heterocycles. The summed E-state index contributed by atoms with van der Waals surface area (Å²) in [6.45, 7) is 0. The second kappa shape index (κ2) is 5.08. The number of carbonyl (C=O) groups is 1. The van der Waals surface area contributed by atoms with Crippen LogP contribution in [0, 0.1) is 5.92 Å². The first-order valence-corrected chi connectivity index (χ1v) is 5.85. The SMILES string of the molecule is O=CC1CSCCCSC1. The van der Waals surface area contributed by atoms with E-state index in [-0.39, 0.29) is 0 Å². The van der Waals surface area contributed by atoms with Crippen LogP contribution in [0.4, 0.5) is 0 Å². The van der Waals surface area contributed by atoms with Crippen molar-refractivity contribution in [3.05, 3.63) is 0 Å². The van der Waals surface area contributed by atoms with E-state index >= 15 is 0 Å². The molecule has 0 saturated carbocycles. The van der Waals surface area contributed by atoms with Gasteiger partial charge in [-0.3, -0.25) is 0 Å². The van der Waals surface area contributed by atoms with Gasteiger partial charge < -0.3 is 4.79 Å². The molecule has 0 unspecified atom stereocenters. The summed E-state index contributed by atoms with van der Waals surface area (Å²) < 4.78 is 0. The lowest BCUT2D eigenvalue weighted by molar-refractivity contribution is -0.109. The Kier molecular flexibility index (Phi) is 4.30. The van der Waals surface area contributed by atoms with Gasteiger partial charge in [-0.2, -0.15) is 23.5 Å². The second-order valence-corrected chi connectivity index (χ2v) is 4.70. The largest absolute Gasteiger partial charge is 0.303 e. The van der Waals surface area contributed by atoms with E-state index in [9.17, 15) is 4.79 Å². The van der Waals surface area contributed by atoms with Crippen molar-refractivity contribution in [1.82, 2.24) is 0 Å². The zero-order valence-corrected chi connectivity index (χ0v) is 7.55. The van der Waals surface area contributed by atoms with Gasteiger partial charge in [-0.1, -0.05) is 0 Å². The smallest absolute Gasteiger partial charge is 0.124 e. The van der Waals surface area contributed by atoms with Crippen LogP contribution < -0.4 is 0 Å². The van der Waals surface area contributed by atoms with Crippen LogP contribution >= 0.6 is 23.5 Å². The standard InChI is InChI=1S/C7H12OS2/c8-4-7-5-9-2-1-3-10-6-7/h4,7H,1-3,5-6H2. The summed E-state index contributed by atoms with van der Waals surface area (Å²) in [6, 6.07) is 0. The third-order valence-corrected chi connectivity index (χ3v) is 3.92. The van der Waals surface area contributed by atoms with E-state index in [2.05, 4.69) is 0 Å². The predicted octanol–water partition coefficient (Wildman–Crippen LogP) is 1.67.